The lowest BCUT2D eigenvalue weighted by atomic mass is 10.1. The third-order valence-electron chi connectivity index (χ3n) is 3.01. The Morgan fingerprint density at radius 3 is 2.57 bits per heavy atom. The predicted octanol–water partition coefficient (Wildman–Crippen LogP) is 3.93. The maximum atomic E-state index is 10.8. The van der Waals surface area contributed by atoms with Crippen molar-refractivity contribution in [2.45, 2.75) is 20.0 Å². The van der Waals surface area contributed by atoms with Crippen LogP contribution in [-0.4, -0.2) is 11.1 Å². The second-order valence-corrected chi connectivity index (χ2v) is 4.72. The van der Waals surface area contributed by atoms with Crippen molar-refractivity contribution in [1.29, 1.82) is 0 Å². The van der Waals surface area contributed by atoms with E-state index in [-0.39, 0.29) is 6.42 Å². The Balaban J connectivity index is 2.16. The highest BCUT2D eigenvalue weighted by Gasteiger charge is 2.06. The molecule has 0 aliphatic rings. The van der Waals surface area contributed by atoms with E-state index in [0.29, 0.717) is 6.61 Å². The number of aliphatic carboxylic acids is 1. The molecule has 0 aromatic heterocycles. The average Bonchev–Trinajstić information content (AvgIpc) is 2.47. The van der Waals surface area contributed by atoms with Gasteiger partial charge in [0, 0.05) is 5.56 Å². The molecular weight excluding hydrogens is 264 g/mol. The molecule has 0 aliphatic carbocycles. The molecule has 0 spiro atoms. The van der Waals surface area contributed by atoms with E-state index in [2.05, 4.69) is 0 Å². The quantitative estimate of drug-likeness (QED) is 0.873. The van der Waals surface area contributed by atoms with E-state index < -0.39 is 5.97 Å². The molecule has 0 unspecified atom stereocenters. The Morgan fingerprint density at radius 2 is 1.90 bits per heavy atom. The third-order valence-corrected chi connectivity index (χ3v) is 3.01. The number of allylic oxidation sites excluding steroid dienone is 1. The first-order chi connectivity index (χ1) is 10.2. The number of rotatable bonds is 6. The Kier molecular flexibility index (Phi) is 5.16. The predicted molar refractivity (Wildman–Crippen MR) is 83.3 cm³/mol. The second-order valence-electron chi connectivity index (χ2n) is 4.72. The molecular formula is C18H18O3. The highest BCUT2D eigenvalue weighted by Crippen LogP contribution is 2.23. The summed E-state index contributed by atoms with van der Waals surface area (Å²) in [6.45, 7) is 2.41. The molecule has 0 radical (unpaired) electrons. The van der Waals surface area contributed by atoms with Gasteiger partial charge in [0.15, 0.2) is 0 Å². The van der Waals surface area contributed by atoms with E-state index in [9.17, 15) is 4.79 Å². The summed E-state index contributed by atoms with van der Waals surface area (Å²) in [5.74, 6) is -0.0783. The van der Waals surface area contributed by atoms with Crippen molar-refractivity contribution in [3.63, 3.8) is 0 Å². The number of carbonyl (C=O) groups is 1. The number of ether oxygens (including phenoxy) is 1. The molecule has 2 aromatic carbocycles. The van der Waals surface area contributed by atoms with Crippen molar-refractivity contribution in [1.82, 2.24) is 0 Å². The zero-order valence-corrected chi connectivity index (χ0v) is 12.0. The van der Waals surface area contributed by atoms with E-state index >= 15 is 0 Å². The van der Waals surface area contributed by atoms with Crippen LogP contribution in [0.4, 0.5) is 0 Å². The molecule has 0 bridgehead atoms. The SMILES string of the molecule is C/C=C\c1cc(CC(=O)O)ccc1OCc1ccccc1. The number of carboxylic acid groups (broad SMARTS) is 1. The molecule has 3 heteroatoms. The van der Waals surface area contributed by atoms with Crippen LogP contribution in [-0.2, 0) is 17.8 Å². The van der Waals surface area contributed by atoms with Crippen LogP contribution in [0, 0.1) is 0 Å². The zero-order chi connectivity index (χ0) is 15.1. The summed E-state index contributed by atoms with van der Waals surface area (Å²) in [4.78, 5) is 10.8. The largest absolute Gasteiger partial charge is 0.488 e. The van der Waals surface area contributed by atoms with Gasteiger partial charge in [-0.2, -0.15) is 0 Å². The highest BCUT2D eigenvalue weighted by atomic mass is 16.5. The lowest BCUT2D eigenvalue weighted by Crippen LogP contribution is -2.01. The van der Waals surface area contributed by atoms with E-state index in [0.717, 1.165) is 22.4 Å². The maximum Gasteiger partial charge on any atom is 0.307 e. The minimum atomic E-state index is -0.834. The molecule has 0 saturated carbocycles. The van der Waals surface area contributed by atoms with Gasteiger partial charge in [0.1, 0.15) is 12.4 Å². The molecule has 21 heavy (non-hydrogen) atoms. The minimum Gasteiger partial charge on any atom is -0.488 e. The van der Waals surface area contributed by atoms with Gasteiger partial charge in [0.05, 0.1) is 6.42 Å². The highest BCUT2D eigenvalue weighted by molar-refractivity contribution is 5.71. The Morgan fingerprint density at radius 1 is 1.14 bits per heavy atom. The van der Waals surface area contributed by atoms with Crippen molar-refractivity contribution in [2.75, 3.05) is 0 Å². The first kappa shape index (κ1) is 14.9. The maximum absolute atomic E-state index is 10.8. The zero-order valence-electron chi connectivity index (χ0n) is 12.0. The number of hydrogen-bond donors (Lipinski definition) is 1. The Hall–Kier alpha value is -2.55. The van der Waals surface area contributed by atoms with Gasteiger partial charge in [-0.05, 0) is 30.2 Å². The molecule has 0 fully saturated rings. The van der Waals surface area contributed by atoms with E-state index in [4.69, 9.17) is 9.84 Å². The molecule has 0 atom stereocenters. The lowest BCUT2D eigenvalue weighted by Gasteiger charge is -2.11. The molecule has 108 valence electrons. The fourth-order valence-electron chi connectivity index (χ4n) is 2.06. The molecule has 2 rings (SSSR count). The van der Waals surface area contributed by atoms with Crippen LogP contribution in [0.15, 0.2) is 54.6 Å². The van der Waals surface area contributed by atoms with Gasteiger partial charge in [-0.1, -0.05) is 48.6 Å². The van der Waals surface area contributed by atoms with Crippen molar-refractivity contribution in [3.8, 4) is 5.75 Å². The molecule has 2 aromatic rings. The van der Waals surface area contributed by atoms with Crippen molar-refractivity contribution >= 4 is 12.0 Å². The van der Waals surface area contributed by atoms with Crippen LogP contribution in [0.1, 0.15) is 23.6 Å². The summed E-state index contributed by atoms with van der Waals surface area (Å²) < 4.78 is 5.84. The average molecular weight is 282 g/mol. The molecule has 0 saturated heterocycles. The number of benzene rings is 2. The van der Waals surface area contributed by atoms with Crippen LogP contribution in [0.3, 0.4) is 0 Å². The van der Waals surface area contributed by atoms with Gasteiger partial charge in [-0.3, -0.25) is 4.79 Å². The molecule has 1 N–H and O–H groups in total. The minimum absolute atomic E-state index is 0.0174. The molecule has 0 heterocycles. The van der Waals surface area contributed by atoms with Crippen LogP contribution in [0.5, 0.6) is 5.75 Å². The van der Waals surface area contributed by atoms with Crippen molar-refractivity contribution in [2.24, 2.45) is 0 Å². The summed E-state index contributed by atoms with van der Waals surface area (Å²) in [6.07, 6.45) is 3.85. The Labute approximate surface area is 124 Å². The number of hydrogen-bond acceptors (Lipinski definition) is 2. The standard InChI is InChI=1S/C18H18O3/c1-2-6-16-11-15(12-18(19)20)9-10-17(16)21-13-14-7-4-3-5-8-14/h2-11H,12-13H2,1H3,(H,19,20)/b6-2-. The van der Waals surface area contributed by atoms with Crippen LogP contribution in [0.2, 0.25) is 0 Å². The summed E-state index contributed by atoms with van der Waals surface area (Å²) in [5, 5.41) is 8.86. The summed E-state index contributed by atoms with van der Waals surface area (Å²) in [6, 6.07) is 15.4. The van der Waals surface area contributed by atoms with E-state index in [1.807, 2.05) is 61.5 Å². The van der Waals surface area contributed by atoms with Gasteiger partial charge in [-0.15, -0.1) is 0 Å². The van der Waals surface area contributed by atoms with Gasteiger partial charge in [-0.25, -0.2) is 0 Å². The summed E-state index contributed by atoms with van der Waals surface area (Å²) in [7, 11) is 0. The summed E-state index contributed by atoms with van der Waals surface area (Å²) >= 11 is 0. The smallest absolute Gasteiger partial charge is 0.307 e. The fraction of sp³-hybridized carbons (Fsp3) is 0.167. The topological polar surface area (TPSA) is 46.5 Å². The first-order valence-electron chi connectivity index (χ1n) is 6.83. The first-order valence-corrected chi connectivity index (χ1v) is 6.83. The second kappa shape index (κ2) is 7.29. The van der Waals surface area contributed by atoms with Gasteiger partial charge < -0.3 is 9.84 Å². The normalized spacial score (nSPS) is 10.7. The molecule has 0 amide bonds. The molecule has 3 nitrogen and oxygen atoms in total. The van der Waals surface area contributed by atoms with E-state index in [1.54, 1.807) is 6.07 Å². The fourth-order valence-corrected chi connectivity index (χ4v) is 2.06. The lowest BCUT2D eigenvalue weighted by molar-refractivity contribution is -0.136. The van der Waals surface area contributed by atoms with E-state index in [1.165, 1.54) is 0 Å². The van der Waals surface area contributed by atoms with Crippen LogP contribution >= 0.6 is 0 Å². The van der Waals surface area contributed by atoms with Crippen molar-refractivity contribution in [3.05, 3.63) is 71.3 Å². The summed E-state index contributed by atoms with van der Waals surface area (Å²) in [5.41, 5.74) is 2.76. The Bertz CT molecular complexity index is 630. The van der Waals surface area contributed by atoms with Crippen molar-refractivity contribution < 1.29 is 14.6 Å². The van der Waals surface area contributed by atoms with Gasteiger partial charge in [0.25, 0.3) is 0 Å². The van der Waals surface area contributed by atoms with Crippen LogP contribution in [0.25, 0.3) is 6.08 Å². The van der Waals surface area contributed by atoms with Gasteiger partial charge in [0.2, 0.25) is 0 Å². The van der Waals surface area contributed by atoms with Crippen LogP contribution < -0.4 is 4.74 Å². The van der Waals surface area contributed by atoms with Gasteiger partial charge >= 0.3 is 5.97 Å². The monoisotopic (exact) mass is 282 g/mol. The molecule has 0 aliphatic heterocycles. The number of carboxylic acids is 1. The third kappa shape index (κ3) is 4.49.